The van der Waals surface area contributed by atoms with Crippen LogP contribution in [0.5, 0.6) is 0 Å². The van der Waals surface area contributed by atoms with Gasteiger partial charge in [-0.2, -0.15) is 0 Å². The van der Waals surface area contributed by atoms with Gasteiger partial charge in [-0.25, -0.2) is 0 Å². The summed E-state index contributed by atoms with van der Waals surface area (Å²) in [5, 5.41) is 16.8. The smallest absolute Gasteiger partial charge is 0.294 e. The van der Waals surface area contributed by atoms with Gasteiger partial charge in [-0.3, -0.25) is 14.9 Å². The maximum atomic E-state index is 12.2. The second-order valence-corrected chi connectivity index (χ2v) is 5.72. The molecule has 0 saturated heterocycles. The lowest BCUT2D eigenvalue weighted by atomic mass is 9.80. The first kappa shape index (κ1) is 15.6. The maximum Gasteiger partial charge on any atom is 0.294 e. The highest BCUT2D eigenvalue weighted by Gasteiger charge is 2.26. The molecule has 1 aromatic carbocycles. The van der Waals surface area contributed by atoms with E-state index in [4.69, 9.17) is 11.6 Å². The van der Waals surface area contributed by atoms with Crippen molar-refractivity contribution in [1.29, 1.82) is 0 Å². The summed E-state index contributed by atoms with van der Waals surface area (Å²) in [6.45, 7) is 1.96. The molecule has 1 fully saturated rings. The van der Waals surface area contributed by atoms with Gasteiger partial charge in [0.15, 0.2) is 0 Å². The summed E-state index contributed by atoms with van der Waals surface area (Å²) in [4.78, 5) is 22.7. The molecule has 0 bridgehead atoms. The fraction of sp³-hybridized carbons (Fsp3) is 0.500. The van der Waals surface area contributed by atoms with Crippen molar-refractivity contribution < 1.29 is 9.72 Å². The minimum absolute atomic E-state index is 0.0630. The third kappa shape index (κ3) is 3.26. The second kappa shape index (κ2) is 6.30. The number of nitrogens with one attached hydrogen (secondary N) is 2. The standard InChI is InChI=1S/C14H18ClN3O3/c1-8(9-4-3-5-9)17-14(19)10-6-11(15)13(16-2)12(7-10)18(20)21/h6-9,16H,3-5H2,1-2H3,(H,17,19). The molecule has 114 valence electrons. The van der Waals surface area contributed by atoms with Crippen molar-refractivity contribution in [1.82, 2.24) is 5.32 Å². The van der Waals surface area contributed by atoms with Gasteiger partial charge in [0.2, 0.25) is 0 Å². The fourth-order valence-electron chi connectivity index (χ4n) is 2.46. The van der Waals surface area contributed by atoms with E-state index in [1.165, 1.54) is 18.6 Å². The summed E-state index contributed by atoms with van der Waals surface area (Å²) in [5.41, 5.74) is 0.216. The topological polar surface area (TPSA) is 84.3 Å². The first-order valence-electron chi connectivity index (χ1n) is 6.90. The average Bonchev–Trinajstić information content (AvgIpc) is 2.35. The Morgan fingerprint density at radius 2 is 2.14 bits per heavy atom. The molecular formula is C14H18ClN3O3. The third-order valence-electron chi connectivity index (χ3n) is 3.99. The molecule has 1 aliphatic carbocycles. The van der Waals surface area contributed by atoms with Crippen LogP contribution < -0.4 is 10.6 Å². The zero-order chi connectivity index (χ0) is 15.6. The molecular weight excluding hydrogens is 294 g/mol. The van der Waals surface area contributed by atoms with Crippen LogP contribution in [-0.4, -0.2) is 23.9 Å². The van der Waals surface area contributed by atoms with E-state index in [2.05, 4.69) is 10.6 Å². The van der Waals surface area contributed by atoms with E-state index in [1.807, 2.05) is 6.92 Å². The van der Waals surface area contributed by atoms with Crippen LogP contribution in [0, 0.1) is 16.0 Å². The zero-order valence-corrected chi connectivity index (χ0v) is 12.7. The van der Waals surface area contributed by atoms with Crippen molar-refractivity contribution in [3.8, 4) is 0 Å². The number of hydrogen-bond donors (Lipinski definition) is 2. The van der Waals surface area contributed by atoms with Crippen LogP contribution in [0.15, 0.2) is 12.1 Å². The summed E-state index contributed by atoms with van der Waals surface area (Å²) in [6, 6.07) is 2.76. The Hall–Kier alpha value is -1.82. The molecule has 6 nitrogen and oxygen atoms in total. The van der Waals surface area contributed by atoms with Gasteiger partial charge in [0, 0.05) is 24.7 Å². The fourth-order valence-corrected chi connectivity index (χ4v) is 2.77. The minimum atomic E-state index is -0.552. The highest BCUT2D eigenvalue weighted by Crippen LogP contribution is 2.34. The molecule has 0 aromatic heterocycles. The van der Waals surface area contributed by atoms with Crippen LogP contribution in [0.25, 0.3) is 0 Å². The lowest BCUT2D eigenvalue weighted by molar-refractivity contribution is -0.383. The van der Waals surface area contributed by atoms with E-state index in [-0.39, 0.29) is 33.9 Å². The molecule has 1 amide bonds. The largest absolute Gasteiger partial charge is 0.381 e. The van der Waals surface area contributed by atoms with E-state index in [1.54, 1.807) is 7.05 Å². The zero-order valence-electron chi connectivity index (χ0n) is 12.0. The van der Waals surface area contributed by atoms with Crippen molar-refractivity contribution in [2.45, 2.75) is 32.2 Å². The Balaban J connectivity index is 2.22. The van der Waals surface area contributed by atoms with Gasteiger partial charge in [-0.15, -0.1) is 0 Å². The summed E-state index contributed by atoms with van der Waals surface area (Å²) < 4.78 is 0. The van der Waals surface area contributed by atoms with Gasteiger partial charge >= 0.3 is 0 Å². The minimum Gasteiger partial charge on any atom is -0.381 e. The first-order chi connectivity index (χ1) is 9.93. The number of nitro groups is 1. The predicted octanol–water partition coefficient (Wildman–Crippen LogP) is 3.21. The number of nitro benzene ring substituents is 1. The summed E-state index contributed by atoms with van der Waals surface area (Å²) in [7, 11) is 1.55. The third-order valence-corrected chi connectivity index (χ3v) is 4.29. The van der Waals surface area contributed by atoms with E-state index in [0.717, 1.165) is 12.8 Å². The molecule has 2 N–H and O–H groups in total. The number of anilines is 1. The van der Waals surface area contributed by atoms with Crippen LogP contribution in [0.3, 0.4) is 0 Å². The van der Waals surface area contributed by atoms with E-state index >= 15 is 0 Å². The van der Waals surface area contributed by atoms with Gasteiger partial charge in [-0.05, 0) is 31.7 Å². The summed E-state index contributed by atoms with van der Waals surface area (Å²) >= 11 is 6.01. The van der Waals surface area contributed by atoms with E-state index in [9.17, 15) is 14.9 Å². The molecule has 0 aliphatic heterocycles. The normalized spacial score (nSPS) is 16.0. The Bertz CT molecular complexity index is 573. The van der Waals surface area contributed by atoms with Crippen LogP contribution in [0.1, 0.15) is 36.5 Å². The van der Waals surface area contributed by atoms with Crippen LogP contribution in [0.4, 0.5) is 11.4 Å². The van der Waals surface area contributed by atoms with Gasteiger partial charge in [0.05, 0.1) is 9.95 Å². The Kier molecular flexibility index (Phi) is 4.67. The van der Waals surface area contributed by atoms with Gasteiger partial charge in [-0.1, -0.05) is 18.0 Å². The lowest BCUT2D eigenvalue weighted by Gasteiger charge is -2.31. The maximum absolute atomic E-state index is 12.2. The number of rotatable bonds is 5. The number of carbonyl (C=O) groups excluding carboxylic acids is 1. The molecule has 0 heterocycles. The number of nitrogens with zero attached hydrogens (tertiary/aromatic N) is 1. The van der Waals surface area contributed by atoms with Crippen LogP contribution in [-0.2, 0) is 0 Å². The average molecular weight is 312 g/mol. The van der Waals surface area contributed by atoms with Crippen molar-refractivity contribution in [3.05, 3.63) is 32.8 Å². The molecule has 0 radical (unpaired) electrons. The number of halogens is 1. The highest BCUT2D eigenvalue weighted by atomic mass is 35.5. The second-order valence-electron chi connectivity index (χ2n) is 5.31. The summed E-state index contributed by atoms with van der Waals surface area (Å²) in [5.74, 6) is 0.165. The molecule has 1 unspecified atom stereocenters. The molecule has 0 spiro atoms. The van der Waals surface area contributed by atoms with E-state index < -0.39 is 4.92 Å². The van der Waals surface area contributed by atoms with Crippen LogP contribution >= 0.6 is 11.6 Å². The molecule has 21 heavy (non-hydrogen) atoms. The first-order valence-corrected chi connectivity index (χ1v) is 7.28. The lowest BCUT2D eigenvalue weighted by Crippen LogP contribution is -2.40. The van der Waals surface area contributed by atoms with Crippen LogP contribution in [0.2, 0.25) is 5.02 Å². The summed E-state index contributed by atoms with van der Waals surface area (Å²) in [6.07, 6.45) is 3.42. The highest BCUT2D eigenvalue weighted by molar-refractivity contribution is 6.34. The van der Waals surface area contributed by atoms with Gasteiger partial charge in [0.1, 0.15) is 5.69 Å². The van der Waals surface area contributed by atoms with Crippen molar-refractivity contribution in [2.75, 3.05) is 12.4 Å². The molecule has 1 aliphatic rings. The monoisotopic (exact) mass is 311 g/mol. The van der Waals surface area contributed by atoms with Gasteiger partial charge in [0.25, 0.3) is 11.6 Å². The van der Waals surface area contributed by atoms with Crippen molar-refractivity contribution >= 4 is 28.9 Å². The van der Waals surface area contributed by atoms with Crippen molar-refractivity contribution in [3.63, 3.8) is 0 Å². The molecule has 2 rings (SSSR count). The SMILES string of the molecule is CNc1c(Cl)cc(C(=O)NC(C)C2CCC2)cc1[N+](=O)[O-]. The molecule has 1 atom stereocenters. The Morgan fingerprint density at radius 1 is 1.48 bits per heavy atom. The molecule has 1 saturated carbocycles. The number of benzene rings is 1. The van der Waals surface area contributed by atoms with Crippen molar-refractivity contribution in [2.24, 2.45) is 5.92 Å². The Morgan fingerprint density at radius 3 is 2.62 bits per heavy atom. The quantitative estimate of drug-likeness (QED) is 0.646. The number of hydrogen-bond acceptors (Lipinski definition) is 4. The predicted molar refractivity (Wildman–Crippen MR) is 81.9 cm³/mol. The van der Waals surface area contributed by atoms with Gasteiger partial charge < -0.3 is 10.6 Å². The van der Waals surface area contributed by atoms with E-state index in [0.29, 0.717) is 5.92 Å². The Labute approximate surface area is 128 Å². The molecule has 7 heteroatoms. The number of carbonyl (C=O) groups is 1. The molecule has 1 aromatic rings. The number of amides is 1.